The Balaban J connectivity index is 1.98. The Morgan fingerprint density at radius 3 is 2.05 bits per heavy atom. The standard InChI is InChI=1S/C14H13Cl2NO2/c15-11-6-5-8(7-12(11)16)17-13(18)9-3-1-2-4-10(9)14(17)19/h5-7,9-10H,1-4H2/t9-,10-/m0/s1. The van der Waals surface area contributed by atoms with Crippen LogP contribution in [0.5, 0.6) is 0 Å². The van der Waals surface area contributed by atoms with Crippen LogP contribution in [-0.2, 0) is 9.59 Å². The largest absolute Gasteiger partial charge is 0.274 e. The lowest BCUT2D eigenvalue weighted by atomic mass is 9.81. The van der Waals surface area contributed by atoms with Crippen molar-refractivity contribution in [2.24, 2.45) is 11.8 Å². The molecule has 1 aliphatic carbocycles. The van der Waals surface area contributed by atoms with Crippen molar-refractivity contribution in [3.05, 3.63) is 28.2 Å². The summed E-state index contributed by atoms with van der Waals surface area (Å²) in [4.78, 5) is 26.0. The lowest BCUT2D eigenvalue weighted by Crippen LogP contribution is -2.30. The number of carbonyl (C=O) groups excluding carboxylic acids is 2. The molecule has 5 heteroatoms. The van der Waals surface area contributed by atoms with Crippen LogP contribution < -0.4 is 4.90 Å². The molecule has 0 spiro atoms. The molecular formula is C14H13Cl2NO2. The SMILES string of the molecule is O=C1[C@H]2CCCC[C@@H]2C(=O)N1c1ccc(Cl)c(Cl)c1. The maximum atomic E-state index is 12.4. The second kappa shape index (κ2) is 4.80. The molecule has 0 aromatic heterocycles. The summed E-state index contributed by atoms with van der Waals surface area (Å²) < 4.78 is 0. The third-order valence-electron chi connectivity index (χ3n) is 4.00. The summed E-state index contributed by atoms with van der Waals surface area (Å²) in [5, 5.41) is 0.775. The third-order valence-corrected chi connectivity index (χ3v) is 4.74. The van der Waals surface area contributed by atoms with Crippen LogP contribution in [0.3, 0.4) is 0 Å². The summed E-state index contributed by atoms with van der Waals surface area (Å²) in [5.74, 6) is -0.465. The Morgan fingerprint density at radius 1 is 0.947 bits per heavy atom. The zero-order chi connectivity index (χ0) is 13.6. The molecule has 0 bridgehead atoms. The van der Waals surface area contributed by atoms with E-state index in [1.54, 1.807) is 18.2 Å². The van der Waals surface area contributed by atoms with Crippen LogP contribution in [0.4, 0.5) is 5.69 Å². The molecule has 1 saturated heterocycles. The number of rotatable bonds is 1. The van der Waals surface area contributed by atoms with Gasteiger partial charge in [0.2, 0.25) is 11.8 Å². The van der Waals surface area contributed by atoms with Gasteiger partial charge in [0.25, 0.3) is 0 Å². The highest BCUT2D eigenvalue weighted by Crippen LogP contribution is 2.40. The number of anilines is 1. The number of hydrogen-bond acceptors (Lipinski definition) is 2. The first-order valence-corrected chi connectivity index (χ1v) is 7.18. The van der Waals surface area contributed by atoms with Gasteiger partial charge < -0.3 is 0 Å². The first kappa shape index (κ1) is 12.9. The van der Waals surface area contributed by atoms with Crippen molar-refractivity contribution in [3.63, 3.8) is 0 Å². The molecule has 2 fully saturated rings. The monoisotopic (exact) mass is 297 g/mol. The Morgan fingerprint density at radius 2 is 1.53 bits per heavy atom. The number of fused-ring (bicyclic) bond motifs is 1. The Kier molecular flexibility index (Phi) is 3.27. The van der Waals surface area contributed by atoms with Gasteiger partial charge in [-0.05, 0) is 31.0 Å². The Bertz CT molecular complexity index is 534. The van der Waals surface area contributed by atoms with Gasteiger partial charge in [0.15, 0.2) is 0 Å². The van der Waals surface area contributed by atoms with E-state index in [1.807, 2.05) is 0 Å². The van der Waals surface area contributed by atoms with Gasteiger partial charge >= 0.3 is 0 Å². The van der Waals surface area contributed by atoms with Gasteiger partial charge in [-0.3, -0.25) is 14.5 Å². The predicted octanol–water partition coefficient (Wildman–Crippen LogP) is 3.67. The maximum Gasteiger partial charge on any atom is 0.237 e. The van der Waals surface area contributed by atoms with E-state index in [9.17, 15) is 9.59 Å². The molecular weight excluding hydrogens is 285 g/mol. The highest BCUT2D eigenvalue weighted by Gasteiger charge is 2.48. The number of amides is 2. The van der Waals surface area contributed by atoms with Crippen LogP contribution in [0.1, 0.15) is 25.7 Å². The summed E-state index contributed by atoms with van der Waals surface area (Å²) in [5.41, 5.74) is 0.527. The quantitative estimate of drug-likeness (QED) is 0.742. The number of benzene rings is 1. The zero-order valence-corrected chi connectivity index (χ0v) is 11.7. The molecule has 0 unspecified atom stereocenters. The minimum absolute atomic E-state index is 0.0897. The minimum Gasteiger partial charge on any atom is -0.274 e. The van der Waals surface area contributed by atoms with Gasteiger partial charge in [-0.2, -0.15) is 0 Å². The average molecular weight is 298 g/mol. The van der Waals surface area contributed by atoms with Gasteiger partial charge in [0, 0.05) is 0 Å². The van der Waals surface area contributed by atoms with Crippen molar-refractivity contribution < 1.29 is 9.59 Å². The fourth-order valence-electron chi connectivity index (χ4n) is 3.04. The number of hydrogen-bond donors (Lipinski definition) is 0. The van der Waals surface area contributed by atoms with Crippen LogP contribution in [-0.4, -0.2) is 11.8 Å². The molecule has 2 aliphatic rings. The van der Waals surface area contributed by atoms with E-state index >= 15 is 0 Å². The van der Waals surface area contributed by atoms with Gasteiger partial charge in [-0.1, -0.05) is 36.0 Å². The van der Waals surface area contributed by atoms with Crippen LogP contribution in [0.15, 0.2) is 18.2 Å². The number of nitrogens with zero attached hydrogens (tertiary/aromatic N) is 1. The Hall–Kier alpha value is -1.06. The highest BCUT2D eigenvalue weighted by atomic mass is 35.5. The van der Waals surface area contributed by atoms with E-state index in [4.69, 9.17) is 23.2 Å². The van der Waals surface area contributed by atoms with E-state index < -0.39 is 0 Å². The molecule has 2 atom stereocenters. The lowest BCUT2D eigenvalue weighted by molar-refractivity contribution is -0.122. The molecule has 2 amide bonds. The fourth-order valence-corrected chi connectivity index (χ4v) is 3.33. The molecule has 0 radical (unpaired) electrons. The summed E-state index contributed by atoms with van der Waals surface area (Å²) in [6.45, 7) is 0. The molecule has 1 saturated carbocycles. The summed E-state index contributed by atoms with van der Waals surface area (Å²) in [7, 11) is 0. The van der Waals surface area contributed by atoms with Crippen LogP contribution in [0, 0.1) is 11.8 Å². The van der Waals surface area contributed by atoms with Crippen molar-refractivity contribution in [3.8, 4) is 0 Å². The van der Waals surface area contributed by atoms with E-state index in [1.165, 1.54) is 4.90 Å². The topological polar surface area (TPSA) is 37.4 Å². The minimum atomic E-state index is -0.143. The van der Waals surface area contributed by atoms with E-state index in [2.05, 4.69) is 0 Å². The van der Waals surface area contributed by atoms with Crippen LogP contribution in [0.2, 0.25) is 10.0 Å². The first-order valence-electron chi connectivity index (χ1n) is 6.42. The van der Waals surface area contributed by atoms with Crippen LogP contribution >= 0.6 is 23.2 Å². The van der Waals surface area contributed by atoms with Crippen molar-refractivity contribution in [2.45, 2.75) is 25.7 Å². The van der Waals surface area contributed by atoms with Gasteiger partial charge in [-0.15, -0.1) is 0 Å². The number of imide groups is 1. The van der Waals surface area contributed by atoms with Crippen molar-refractivity contribution >= 4 is 40.7 Å². The molecule has 100 valence electrons. The van der Waals surface area contributed by atoms with Gasteiger partial charge in [-0.25, -0.2) is 0 Å². The summed E-state index contributed by atoms with van der Waals surface area (Å²) in [6, 6.07) is 4.86. The second-order valence-electron chi connectivity index (χ2n) is 5.11. The molecule has 1 aromatic carbocycles. The average Bonchev–Trinajstić information content (AvgIpc) is 2.66. The highest BCUT2D eigenvalue weighted by molar-refractivity contribution is 6.42. The maximum absolute atomic E-state index is 12.4. The van der Waals surface area contributed by atoms with Crippen molar-refractivity contribution in [2.75, 3.05) is 4.90 Å². The lowest BCUT2D eigenvalue weighted by Gasteiger charge is -2.19. The molecule has 1 heterocycles. The second-order valence-corrected chi connectivity index (χ2v) is 5.92. The van der Waals surface area contributed by atoms with E-state index in [-0.39, 0.29) is 23.7 Å². The Labute approximate surface area is 121 Å². The molecule has 19 heavy (non-hydrogen) atoms. The van der Waals surface area contributed by atoms with Crippen molar-refractivity contribution in [1.82, 2.24) is 0 Å². The fraction of sp³-hybridized carbons (Fsp3) is 0.429. The van der Waals surface area contributed by atoms with Crippen molar-refractivity contribution in [1.29, 1.82) is 0 Å². The number of carbonyl (C=O) groups is 2. The van der Waals surface area contributed by atoms with Gasteiger partial charge in [0.05, 0.1) is 27.6 Å². The normalized spacial score (nSPS) is 26.7. The van der Waals surface area contributed by atoms with E-state index in [0.29, 0.717) is 15.7 Å². The van der Waals surface area contributed by atoms with Crippen LogP contribution in [0.25, 0.3) is 0 Å². The summed E-state index contributed by atoms with van der Waals surface area (Å²) >= 11 is 11.8. The molecule has 3 rings (SSSR count). The smallest absolute Gasteiger partial charge is 0.237 e. The number of halogens is 2. The molecule has 1 aromatic rings. The zero-order valence-electron chi connectivity index (χ0n) is 10.2. The van der Waals surface area contributed by atoms with Gasteiger partial charge in [0.1, 0.15) is 0 Å². The third kappa shape index (κ3) is 2.05. The first-order chi connectivity index (χ1) is 9.09. The molecule has 1 aliphatic heterocycles. The molecule has 0 N–H and O–H groups in total. The summed E-state index contributed by atoms with van der Waals surface area (Å²) in [6.07, 6.45) is 3.67. The molecule has 3 nitrogen and oxygen atoms in total. The predicted molar refractivity (Wildman–Crippen MR) is 74.4 cm³/mol. The van der Waals surface area contributed by atoms with E-state index in [0.717, 1.165) is 25.7 Å².